The van der Waals surface area contributed by atoms with Gasteiger partial charge in [0.1, 0.15) is 0 Å². The van der Waals surface area contributed by atoms with E-state index in [0.29, 0.717) is 54.5 Å². The van der Waals surface area contributed by atoms with Crippen LogP contribution in [-0.2, 0) is 30.9 Å². The molecular weight excluding hydrogens is 544 g/mol. The van der Waals surface area contributed by atoms with Crippen molar-refractivity contribution in [3.63, 3.8) is 0 Å². The molecule has 0 bridgehead atoms. The summed E-state index contributed by atoms with van der Waals surface area (Å²) in [4.78, 5) is 2.77. The fourth-order valence-electron chi connectivity index (χ4n) is 5.43. The van der Waals surface area contributed by atoms with E-state index < -0.39 is 25.5 Å². The first-order chi connectivity index (χ1) is 18.5. The molecule has 1 aliphatic heterocycles. The van der Waals surface area contributed by atoms with Crippen LogP contribution in [0.2, 0.25) is 0 Å². The van der Waals surface area contributed by atoms with Gasteiger partial charge in [-0.3, -0.25) is 0 Å². The third kappa shape index (κ3) is 7.14. The lowest BCUT2D eigenvalue weighted by Gasteiger charge is -2.38. The number of hydrogen-bond acceptors (Lipinski definition) is 6. The molecule has 0 radical (unpaired) electrons. The van der Waals surface area contributed by atoms with Crippen LogP contribution in [0, 0.1) is 0 Å². The van der Waals surface area contributed by atoms with Crippen LogP contribution in [0.15, 0.2) is 58.3 Å². The minimum atomic E-state index is -3.80. The van der Waals surface area contributed by atoms with E-state index in [1.54, 1.807) is 35.6 Å². The van der Waals surface area contributed by atoms with Crippen molar-refractivity contribution >= 4 is 20.0 Å². The Kier molecular flexibility index (Phi) is 10.3. The molecule has 1 aliphatic rings. The van der Waals surface area contributed by atoms with Gasteiger partial charge >= 0.3 is 0 Å². The summed E-state index contributed by atoms with van der Waals surface area (Å²) in [5.41, 5.74) is 0.547. The Morgan fingerprint density at radius 3 is 2.02 bits per heavy atom. The molecule has 40 heavy (non-hydrogen) atoms. The molecule has 8 nitrogen and oxygen atoms in total. The van der Waals surface area contributed by atoms with Gasteiger partial charge < -0.3 is 10.2 Å². The second-order valence-electron chi connectivity index (χ2n) is 12.6. The van der Waals surface area contributed by atoms with E-state index in [1.165, 1.54) is 4.31 Å². The highest BCUT2D eigenvalue weighted by Gasteiger charge is 2.38. The average molecular weight is 593 g/mol. The van der Waals surface area contributed by atoms with E-state index in [2.05, 4.69) is 10.2 Å². The second-order valence-corrected chi connectivity index (χ2v) is 16.4. The van der Waals surface area contributed by atoms with Crippen molar-refractivity contribution in [2.75, 3.05) is 53.4 Å². The smallest absolute Gasteiger partial charge is 0.243 e. The number of nitrogens with one attached hydrogen (secondary N) is 1. The first-order valence-electron chi connectivity index (χ1n) is 14.1. The van der Waals surface area contributed by atoms with Crippen molar-refractivity contribution in [2.24, 2.45) is 0 Å². The summed E-state index contributed by atoms with van der Waals surface area (Å²) < 4.78 is 59.1. The number of piperazine rings is 1. The number of hydrogen-bond donors (Lipinski definition) is 1. The van der Waals surface area contributed by atoms with E-state index in [4.69, 9.17) is 0 Å². The molecule has 1 unspecified atom stereocenters. The van der Waals surface area contributed by atoms with E-state index in [-0.39, 0.29) is 18.0 Å². The summed E-state index contributed by atoms with van der Waals surface area (Å²) in [7, 11) is -3.72. The highest BCUT2D eigenvalue weighted by molar-refractivity contribution is 7.89. The molecule has 224 valence electrons. The molecule has 2 aromatic carbocycles. The summed E-state index contributed by atoms with van der Waals surface area (Å²) in [6.07, 6.45) is 0.457. The van der Waals surface area contributed by atoms with Gasteiger partial charge in [0.2, 0.25) is 20.0 Å². The van der Waals surface area contributed by atoms with Crippen molar-refractivity contribution in [1.82, 2.24) is 18.8 Å². The predicted octanol–water partition coefficient (Wildman–Crippen LogP) is 3.89. The number of rotatable bonds is 11. The molecule has 10 heteroatoms. The van der Waals surface area contributed by atoms with E-state index in [1.807, 2.05) is 72.9 Å². The molecule has 0 amide bonds. The molecule has 1 N–H and O–H groups in total. The summed E-state index contributed by atoms with van der Waals surface area (Å²) in [5, 5.41) is 3.07. The van der Waals surface area contributed by atoms with Gasteiger partial charge in [0.25, 0.3) is 0 Å². The van der Waals surface area contributed by atoms with Crippen LogP contribution >= 0.6 is 0 Å². The zero-order valence-electron chi connectivity index (χ0n) is 25.4. The molecule has 0 aromatic heterocycles. The SMILES string of the molecule is CNCCN(CCC(C)(C)c1ccccc1S(=O)(=O)N1CCN(C)CC1C)S(=O)(=O)c1ccccc1C(C)(C)C. The summed E-state index contributed by atoms with van der Waals surface area (Å²) >= 11 is 0. The van der Waals surface area contributed by atoms with Crippen LogP contribution in [0.4, 0.5) is 0 Å². The maximum atomic E-state index is 14.0. The lowest BCUT2D eigenvalue weighted by molar-refractivity contribution is 0.170. The van der Waals surface area contributed by atoms with Gasteiger partial charge in [-0.05, 0) is 61.5 Å². The molecular formula is C30H48N4O4S2. The minimum Gasteiger partial charge on any atom is -0.318 e. The standard InChI is InChI=1S/C30H48N4O4S2/c1-24-23-32(8)21-22-34(24)40(37,38)28-16-12-10-14-26(28)30(5,6)17-19-33(20-18-31-7)39(35,36)27-15-11-9-13-25(27)29(2,3)4/h9-16,24,31H,17-23H2,1-8H3. The lowest BCUT2D eigenvalue weighted by Crippen LogP contribution is -2.52. The topological polar surface area (TPSA) is 90.0 Å². The number of nitrogens with zero attached hydrogens (tertiary/aromatic N) is 3. The normalized spacial score (nSPS) is 18.4. The van der Waals surface area contributed by atoms with Gasteiger partial charge in [0.05, 0.1) is 9.79 Å². The predicted molar refractivity (Wildman–Crippen MR) is 163 cm³/mol. The summed E-state index contributed by atoms with van der Waals surface area (Å²) in [5.74, 6) is 0. The number of sulfonamides is 2. The zero-order chi connectivity index (χ0) is 29.9. The van der Waals surface area contributed by atoms with E-state index in [9.17, 15) is 16.8 Å². The maximum Gasteiger partial charge on any atom is 0.243 e. The number of likely N-dealkylation sites (N-methyl/N-ethyl adjacent to an activating group) is 2. The zero-order valence-corrected chi connectivity index (χ0v) is 27.1. The number of benzene rings is 2. The Hall–Kier alpha value is -1.82. The molecule has 2 aromatic rings. The Labute approximate surface area is 242 Å². The highest BCUT2D eigenvalue weighted by atomic mass is 32.2. The first-order valence-corrected chi connectivity index (χ1v) is 17.0. The third-order valence-corrected chi connectivity index (χ3v) is 11.9. The van der Waals surface area contributed by atoms with Crippen molar-refractivity contribution in [3.8, 4) is 0 Å². The monoisotopic (exact) mass is 592 g/mol. The quantitative estimate of drug-likeness (QED) is 0.426. The van der Waals surface area contributed by atoms with Crippen LogP contribution in [0.25, 0.3) is 0 Å². The van der Waals surface area contributed by atoms with Crippen LogP contribution < -0.4 is 5.32 Å². The molecule has 0 saturated carbocycles. The molecule has 1 heterocycles. The molecule has 3 rings (SSSR count). The van der Waals surface area contributed by atoms with Crippen LogP contribution in [-0.4, -0.2) is 89.8 Å². The molecule has 1 fully saturated rings. The molecule has 0 spiro atoms. The Balaban J connectivity index is 1.95. The van der Waals surface area contributed by atoms with Gasteiger partial charge in [0, 0.05) is 45.3 Å². The summed E-state index contributed by atoms with van der Waals surface area (Å²) in [6.45, 7) is 14.9. The Bertz CT molecular complexity index is 1370. The molecule has 0 aliphatic carbocycles. The third-order valence-electron chi connectivity index (χ3n) is 7.88. The fourth-order valence-corrected chi connectivity index (χ4v) is 9.27. The van der Waals surface area contributed by atoms with Gasteiger partial charge in [0.15, 0.2) is 0 Å². The lowest BCUT2D eigenvalue weighted by atomic mass is 9.81. The summed E-state index contributed by atoms with van der Waals surface area (Å²) in [6, 6.07) is 14.3. The van der Waals surface area contributed by atoms with Crippen LogP contribution in [0.1, 0.15) is 59.1 Å². The van der Waals surface area contributed by atoms with Gasteiger partial charge in [-0.15, -0.1) is 0 Å². The van der Waals surface area contributed by atoms with Crippen molar-refractivity contribution < 1.29 is 16.8 Å². The van der Waals surface area contributed by atoms with Gasteiger partial charge in [-0.25, -0.2) is 16.8 Å². The van der Waals surface area contributed by atoms with Crippen molar-refractivity contribution in [1.29, 1.82) is 0 Å². The molecule has 1 atom stereocenters. The minimum absolute atomic E-state index is 0.134. The van der Waals surface area contributed by atoms with Gasteiger partial charge in [-0.2, -0.15) is 8.61 Å². The second kappa shape index (κ2) is 12.6. The Morgan fingerprint density at radius 2 is 1.45 bits per heavy atom. The maximum absolute atomic E-state index is 14.0. The van der Waals surface area contributed by atoms with E-state index in [0.717, 1.165) is 5.56 Å². The first kappa shape index (κ1) is 32.7. The average Bonchev–Trinajstić information content (AvgIpc) is 2.88. The fraction of sp³-hybridized carbons (Fsp3) is 0.600. The molecule has 1 saturated heterocycles. The Morgan fingerprint density at radius 1 is 0.875 bits per heavy atom. The van der Waals surface area contributed by atoms with Crippen LogP contribution in [0.5, 0.6) is 0 Å². The van der Waals surface area contributed by atoms with Crippen molar-refractivity contribution in [2.45, 2.75) is 74.6 Å². The largest absolute Gasteiger partial charge is 0.318 e. The van der Waals surface area contributed by atoms with E-state index >= 15 is 0 Å². The van der Waals surface area contributed by atoms with Crippen molar-refractivity contribution in [3.05, 3.63) is 59.7 Å². The van der Waals surface area contributed by atoms with Crippen LogP contribution in [0.3, 0.4) is 0 Å². The highest BCUT2D eigenvalue weighted by Crippen LogP contribution is 2.36. The van der Waals surface area contributed by atoms with Gasteiger partial charge in [-0.1, -0.05) is 71.0 Å².